The lowest BCUT2D eigenvalue weighted by Gasteiger charge is -2.11. The normalized spacial score (nSPS) is 11.9. The molecule has 2 aromatic carbocycles. The highest BCUT2D eigenvalue weighted by atomic mass is 35.5. The van der Waals surface area contributed by atoms with Crippen molar-refractivity contribution in [3.63, 3.8) is 0 Å². The van der Waals surface area contributed by atoms with E-state index >= 15 is 0 Å². The first-order valence-electron chi connectivity index (χ1n) is 6.38. The average Bonchev–Trinajstić information content (AvgIpc) is 2.78. The molecule has 0 aliphatic carbocycles. The summed E-state index contributed by atoms with van der Waals surface area (Å²) in [6.45, 7) is 1.66. The first kappa shape index (κ1) is 14.8. The summed E-state index contributed by atoms with van der Waals surface area (Å²) in [5.74, 6) is 0.840. The molecule has 3 aromatic rings. The molecule has 0 bridgehead atoms. The highest BCUT2D eigenvalue weighted by molar-refractivity contribution is 6.30. The number of ether oxygens (including phenoxy) is 1. The minimum absolute atomic E-state index is 0.000177. The molecule has 0 saturated carbocycles. The Kier molecular flexibility index (Phi) is 3.53. The van der Waals surface area contributed by atoms with E-state index in [-0.39, 0.29) is 11.3 Å². The van der Waals surface area contributed by atoms with Crippen LogP contribution in [0.1, 0.15) is 11.3 Å². The smallest absolute Gasteiger partial charge is 0.416 e. The second kappa shape index (κ2) is 5.25. The number of furan rings is 1. The molecule has 0 aliphatic rings. The maximum absolute atomic E-state index is 13.0. The summed E-state index contributed by atoms with van der Waals surface area (Å²) in [4.78, 5) is 0. The van der Waals surface area contributed by atoms with Gasteiger partial charge in [-0.05, 0) is 43.3 Å². The fourth-order valence-electron chi connectivity index (χ4n) is 2.15. The number of aryl methyl sites for hydroxylation is 1. The van der Waals surface area contributed by atoms with Crippen LogP contribution >= 0.6 is 11.6 Å². The van der Waals surface area contributed by atoms with Crippen LogP contribution in [0.5, 0.6) is 11.5 Å². The Morgan fingerprint density at radius 2 is 1.86 bits per heavy atom. The van der Waals surface area contributed by atoms with Crippen LogP contribution in [0.3, 0.4) is 0 Å². The average molecular weight is 327 g/mol. The van der Waals surface area contributed by atoms with Crippen LogP contribution < -0.4 is 4.74 Å². The van der Waals surface area contributed by atoms with E-state index in [9.17, 15) is 13.2 Å². The van der Waals surface area contributed by atoms with Crippen LogP contribution in [-0.4, -0.2) is 0 Å². The van der Waals surface area contributed by atoms with Crippen molar-refractivity contribution in [1.82, 2.24) is 0 Å². The second-order valence-corrected chi connectivity index (χ2v) is 5.24. The third-order valence-corrected chi connectivity index (χ3v) is 3.29. The fraction of sp³-hybridized carbons (Fsp3) is 0.125. The number of rotatable bonds is 2. The highest BCUT2D eigenvalue weighted by Crippen LogP contribution is 2.39. The molecule has 0 atom stereocenters. The van der Waals surface area contributed by atoms with E-state index in [1.807, 2.05) is 0 Å². The van der Waals surface area contributed by atoms with Gasteiger partial charge in [0.1, 0.15) is 11.5 Å². The zero-order valence-electron chi connectivity index (χ0n) is 11.4. The summed E-state index contributed by atoms with van der Waals surface area (Å²) >= 11 is 5.85. The maximum atomic E-state index is 13.0. The van der Waals surface area contributed by atoms with Crippen LogP contribution in [0.4, 0.5) is 13.2 Å². The van der Waals surface area contributed by atoms with Crippen molar-refractivity contribution in [2.24, 2.45) is 0 Å². The highest BCUT2D eigenvalue weighted by Gasteiger charge is 2.32. The lowest BCUT2D eigenvalue weighted by molar-refractivity contribution is -0.137. The molecule has 0 spiro atoms. The predicted molar refractivity (Wildman–Crippen MR) is 77.5 cm³/mol. The van der Waals surface area contributed by atoms with Gasteiger partial charge in [0.25, 0.3) is 0 Å². The van der Waals surface area contributed by atoms with Gasteiger partial charge in [0.05, 0.1) is 5.56 Å². The van der Waals surface area contributed by atoms with E-state index in [0.29, 0.717) is 21.9 Å². The Morgan fingerprint density at radius 3 is 2.55 bits per heavy atom. The predicted octanol–water partition coefficient (Wildman–Crippen LogP) is 6.21. The molecular formula is C16H10ClF3O2. The van der Waals surface area contributed by atoms with Crippen LogP contribution in [-0.2, 0) is 6.18 Å². The van der Waals surface area contributed by atoms with Gasteiger partial charge >= 0.3 is 6.18 Å². The molecule has 0 amide bonds. The molecule has 2 nitrogen and oxygen atoms in total. The monoisotopic (exact) mass is 326 g/mol. The molecule has 0 unspecified atom stereocenters. The van der Waals surface area contributed by atoms with Gasteiger partial charge in [-0.15, -0.1) is 0 Å². The van der Waals surface area contributed by atoms with Crippen molar-refractivity contribution in [3.8, 4) is 11.5 Å². The Bertz CT molecular complexity index is 837. The molecule has 0 N–H and O–H groups in total. The number of fused-ring (bicyclic) bond motifs is 1. The molecule has 1 aromatic heterocycles. The second-order valence-electron chi connectivity index (χ2n) is 4.81. The Balaban J connectivity index is 2.14. The summed E-state index contributed by atoms with van der Waals surface area (Å²) in [7, 11) is 0. The Hall–Kier alpha value is -2.14. The molecule has 0 radical (unpaired) electrons. The topological polar surface area (TPSA) is 22.4 Å². The minimum Gasteiger partial charge on any atom is -0.457 e. The summed E-state index contributed by atoms with van der Waals surface area (Å²) in [6.07, 6.45) is -4.47. The summed E-state index contributed by atoms with van der Waals surface area (Å²) in [5.41, 5.74) is -0.525. The van der Waals surface area contributed by atoms with Crippen molar-refractivity contribution in [3.05, 3.63) is 58.8 Å². The van der Waals surface area contributed by atoms with Gasteiger partial charge in [-0.1, -0.05) is 17.7 Å². The van der Waals surface area contributed by atoms with Gasteiger partial charge in [0, 0.05) is 10.4 Å². The van der Waals surface area contributed by atoms with Gasteiger partial charge in [-0.25, -0.2) is 0 Å². The van der Waals surface area contributed by atoms with E-state index in [0.717, 1.165) is 12.1 Å². The van der Waals surface area contributed by atoms with Crippen molar-refractivity contribution >= 4 is 22.6 Å². The number of halogens is 4. The van der Waals surface area contributed by atoms with Crippen LogP contribution in [0.15, 0.2) is 46.9 Å². The zero-order chi connectivity index (χ0) is 15.9. The molecular weight excluding hydrogens is 317 g/mol. The molecule has 3 rings (SSSR count). The maximum Gasteiger partial charge on any atom is 0.416 e. The summed E-state index contributed by atoms with van der Waals surface area (Å²) in [5, 5.41) is 0.765. The number of alkyl halides is 3. The largest absolute Gasteiger partial charge is 0.457 e. The van der Waals surface area contributed by atoms with Gasteiger partial charge in [-0.3, -0.25) is 0 Å². The SMILES string of the molecule is Cc1cc2cc(C(F)(F)F)cc(Oc3cccc(Cl)c3)c2o1. The van der Waals surface area contributed by atoms with Gasteiger partial charge < -0.3 is 9.15 Å². The van der Waals surface area contributed by atoms with Crippen LogP contribution in [0, 0.1) is 6.92 Å². The molecule has 0 aliphatic heterocycles. The quantitative estimate of drug-likeness (QED) is 0.559. The zero-order valence-corrected chi connectivity index (χ0v) is 12.1. The van der Waals surface area contributed by atoms with Crippen molar-refractivity contribution in [2.75, 3.05) is 0 Å². The van der Waals surface area contributed by atoms with Gasteiger partial charge in [0.15, 0.2) is 11.3 Å². The lowest BCUT2D eigenvalue weighted by Crippen LogP contribution is -2.04. The van der Waals surface area contributed by atoms with Crippen LogP contribution in [0.2, 0.25) is 5.02 Å². The Morgan fingerprint density at radius 1 is 1.09 bits per heavy atom. The van der Waals surface area contributed by atoms with Crippen molar-refractivity contribution in [1.29, 1.82) is 0 Å². The molecule has 0 saturated heterocycles. The summed E-state index contributed by atoms with van der Waals surface area (Å²) in [6, 6.07) is 9.92. The molecule has 1 heterocycles. The third-order valence-electron chi connectivity index (χ3n) is 3.06. The van der Waals surface area contributed by atoms with E-state index in [2.05, 4.69) is 0 Å². The molecule has 22 heavy (non-hydrogen) atoms. The van der Waals surface area contributed by atoms with Crippen LogP contribution in [0.25, 0.3) is 11.0 Å². The Labute approximate surface area is 129 Å². The van der Waals surface area contributed by atoms with E-state index in [1.54, 1.807) is 25.1 Å². The standard InChI is InChI=1S/C16H10ClF3O2/c1-9-5-10-6-11(16(18,19)20)7-14(15(10)21-9)22-13-4-2-3-12(17)8-13/h2-8H,1H3. The number of benzene rings is 2. The fourth-order valence-corrected chi connectivity index (χ4v) is 2.33. The van der Waals surface area contributed by atoms with E-state index in [4.69, 9.17) is 20.8 Å². The first-order valence-corrected chi connectivity index (χ1v) is 6.75. The van der Waals surface area contributed by atoms with Crippen molar-refractivity contribution < 1.29 is 22.3 Å². The molecule has 114 valence electrons. The molecule has 6 heteroatoms. The minimum atomic E-state index is -4.47. The van der Waals surface area contributed by atoms with Gasteiger partial charge in [-0.2, -0.15) is 13.2 Å². The van der Waals surface area contributed by atoms with Crippen molar-refractivity contribution in [2.45, 2.75) is 13.1 Å². The lowest BCUT2D eigenvalue weighted by atomic mass is 10.1. The van der Waals surface area contributed by atoms with Gasteiger partial charge in [0.2, 0.25) is 0 Å². The van der Waals surface area contributed by atoms with E-state index in [1.165, 1.54) is 12.1 Å². The van der Waals surface area contributed by atoms with E-state index < -0.39 is 11.7 Å². The first-order chi connectivity index (χ1) is 10.3. The number of hydrogen-bond acceptors (Lipinski definition) is 2. The number of hydrogen-bond donors (Lipinski definition) is 0. The summed E-state index contributed by atoms with van der Waals surface area (Å²) < 4.78 is 50.0. The molecule has 0 fully saturated rings. The third kappa shape index (κ3) is 2.90.